The Kier molecular flexibility index (Phi) is 4.02. The lowest BCUT2D eigenvalue weighted by Crippen LogP contribution is -2.03. The van der Waals surface area contributed by atoms with E-state index in [0.717, 1.165) is 45.7 Å². The number of methoxy groups -OCH3 is 1. The molecule has 136 valence electrons. The molecule has 0 spiro atoms. The van der Waals surface area contributed by atoms with Gasteiger partial charge in [0.25, 0.3) is 0 Å². The molecular formula is C24H19N3O. The largest absolute Gasteiger partial charge is 0.497 e. The molecule has 2 aliphatic heterocycles. The molecule has 0 saturated heterocycles. The Hall–Kier alpha value is -3.66. The minimum atomic E-state index is 0.796. The second-order valence-corrected chi connectivity index (χ2v) is 6.80. The van der Waals surface area contributed by atoms with Crippen LogP contribution >= 0.6 is 0 Å². The van der Waals surface area contributed by atoms with Crippen molar-refractivity contribution in [3.63, 3.8) is 0 Å². The highest BCUT2D eigenvalue weighted by atomic mass is 16.5. The van der Waals surface area contributed by atoms with E-state index in [0.29, 0.717) is 0 Å². The van der Waals surface area contributed by atoms with E-state index in [9.17, 15) is 0 Å². The molecule has 0 N–H and O–H groups in total. The Bertz CT molecular complexity index is 1210. The van der Waals surface area contributed by atoms with Crippen LogP contribution in [0.15, 0.2) is 85.1 Å². The number of hydrogen-bond donors (Lipinski definition) is 0. The molecule has 0 aromatic heterocycles. The molecule has 0 saturated carbocycles. The molecule has 0 bridgehead atoms. The first-order chi connectivity index (χ1) is 13.8. The number of aromatic nitrogens is 3. The summed E-state index contributed by atoms with van der Waals surface area (Å²) >= 11 is 0. The SMILES string of the molecule is COc1ccc(-c2nnc3c4ccccc4n(Cc4ccccc4)cc2-3)cc1. The number of fused-ring (bicyclic) bond motifs is 3. The third-order valence-electron chi connectivity index (χ3n) is 5.07. The van der Waals surface area contributed by atoms with Crippen LogP contribution in [0.1, 0.15) is 5.56 Å². The number of para-hydroxylation sites is 1. The maximum Gasteiger partial charge on any atom is 0.118 e. The fourth-order valence-corrected chi connectivity index (χ4v) is 3.66. The van der Waals surface area contributed by atoms with Crippen LogP contribution in [0.4, 0.5) is 0 Å². The Labute approximate surface area is 163 Å². The van der Waals surface area contributed by atoms with E-state index in [-0.39, 0.29) is 0 Å². The lowest BCUT2D eigenvalue weighted by atomic mass is 10.0. The lowest BCUT2D eigenvalue weighted by Gasteiger charge is -2.15. The summed E-state index contributed by atoms with van der Waals surface area (Å²) in [6.45, 7) is 0.796. The van der Waals surface area contributed by atoms with Gasteiger partial charge in [0.15, 0.2) is 0 Å². The maximum atomic E-state index is 5.28. The molecule has 5 rings (SSSR count). The van der Waals surface area contributed by atoms with Gasteiger partial charge in [-0.3, -0.25) is 0 Å². The minimum absolute atomic E-state index is 0.796. The molecule has 4 nitrogen and oxygen atoms in total. The van der Waals surface area contributed by atoms with E-state index in [1.165, 1.54) is 5.56 Å². The van der Waals surface area contributed by atoms with Crippen LogP contribution in [0.2, 0.25) is 0 Å². The topological polar surface area (TPSA) is 39.9 Å². The zero-order valence-corrected chi connectivity index (χ0v) is 15.5. The summed E-state index contributed by atoms with van der Waals surface area (Å²) in [6, 6.07) is 26.8. The number of ether oxygens (including phenoxy) is 1. The number of benzene rings is 3. The van der Waals surface area contributed by atoms with Crippen molar-refractivity contribution < 1.29 is 4.74 Å². The maximum absolute atomic E-state index is 5.28. The number of pyridine rings is 1. The number of rotatable bonds is 4. The summed E-state index contributed by atoms with van der Waals surface area (Å²) < 4.78 is 7.56. The Morgan fingerprint density at radius 2 is 1.50 bits per heavy atom. The molecule has 2 aliphatic rings. The van der Waals surface area contributed by atoms with Crippen LogP contribution in [-0.2, 0) is 6.54 Å². The summed E-state index contributed by atoms with van der Waals surface area (Å²) in [6.07, 6.45) is 2.17. The lowest BCUT2D eigenvalue weighted by molar-refractivity contribution is 0.415. The third-order valence-corrected chi connectivity index (χ3v) is 5.07. The smallest absolute Gasteiger partial charge is 0.118 e. The average Bonchev–Trinajstić information content (AvgIpc) is 3.19. The third kappa shape index (κ3) is 2.79. The van der Waals surface area contributed by atoms with Crippen LogP contribution in [0.3, 0.4) is 0 Å². The number of hydrogen-bond acceptors (Lipinski definition) is 3. The molecule has 4 heteroatoms. The van der Waals surface area contributed by atoms with E-state index >= 15 is 0 Å². The predicted molar refractivity (Wildman–Crippen MR) is 112 cm³/mol. The zero-order chi connectivity index (χ0) is 18.9. The predicted octanol–water partition coefficient (Wildman–Crippen LogP) is 5.26. The van der Waals surface area contributed by atoms with Gasteiger partial charge >= 0.3 is 0 Å². The number of nitrogens with zero attached hydrogens (tertiary/aromatic N) is 3. The fourth-order valence-electron chi connectivity index (χ4n) is 3.66. The highest BCUT2D eigenvalue weighted by molar-refractivity contribution is 5.98. The van der Waals surface area contributed by atoms with Gasteiger partial charge in [-0.15, -0.1) is 10.2 Å². The first-order valence-electron chi connectivity index (χ1n) is 9.26. The molecule has 0 amide bonds. The fraction of sp³-hybridized carbons (Fsp3) is 0.0833. The normalized spacial score (nSPS) is 11.2. The van der Waals surface area contributed by atoms with Gasteiger partial charge in [0, 0.05) is 29.3 Å². The quantitative estimate of drug-likeness (QED) is 0.436. The van der Waals surface area contributed by atoms with Crippen molar-refractivity contribution in [2.75, 3.05) is 7.11 Å². The van der Waals surface area contributed by atoms with Crippen molar-refractivity contribution in [3.05, 3.63) is 90.6 Å². The summed E-state index contributed by atoms with van der Waals surface area (Å²) in [7, 11) is 1.67. The second kappa shape index (κ2) is 6.82. The standard InChI is InChI=1S/C24H19N3O/c1-28-19-13-11-18(12-14-19)23-21-16-27(15-17-7-3-2-4-8-17)22-10-6-5-9-20(22)24(21)26-25-23/h2-14,16H,15H2,1H3. The van der Waals surface area contributed by atoms with Crippen LogP contribution in [0.25, 0.3) is 33.4 Å². The van der Waals surface area contributed by atoms with Crippen LogP contribution in [0, 0.1) is 0 Å². The molecule has 3 aromatic rings. The van der Waals surface area contributed by atoms with Crippen molar-refractivity contribution in [3.8, 4) is 28.3 Å². The first-order valence-corrected chi connectivity index (χ1v) is 9.26. The summed E-state index contributed by atoms with van der Waals surface area (Å²) in [5.74, 6) is 0.831. The zero-order valence-electron chi connectivity index (χ0n) is 15.5. The van der Waals surface area contributed by atoms with Crippen molar-refractivity contribution in [1.82, 2.24) is 14.8 Å². The summed E-state index contributed by atoms with van der Waals surface area (Å²) in [5.41, 5.74) is 6.33. The van der Waals surface area contributed by atoms with E-state index in [1.807, 2.05) is 30.3 Å². The Morgan fingerprint density at radius 1 is 0.786 bits per heavy atom. The first kappa shape index (κ1) is 16.5. The van der Waals surface area contributed by atoms with Gasteiger partial charge in [0.2, 0.25) is 0 Å². The van der Waals surface area contributed by atoms with Crippen molar-refractivity contribution in [2.45, 2.75) is 6.54 Å². The molecule has 0 atom stereocenters. The van der Waals surface area contributed by atoms with Gasteiger partial charge in [-0.2, -0.15) is 0 Å². The van der Waals surface area contributed by atoms with E-state index in [2.05, 4.69) is 69.5 Å². The second-order valence-electron chi connectivity index (χ2n) is 6.80. The minimum Gasteiger partial charge on any atom is -0.497 e. The average molecular weight is 365 g/mol. The van der Waals surface area contributed by atoms with E-state index < -0.39 is 0 Å². The molecule has 0 radical (unpaired) electrons. The van der Waals surface area contributed by atoms with Crippen LogP contribution in [0.5, 0.6) is 5.75 Å². The van der Waals surface area contributed by atoms with Crippen molar-refractivity contribution in [2.24, 2.45) is 0 Å². The molecule has 0 fully saturated rings. The van der Waals surface area contributed by atoms with Gasteiger partial charge in [-0.25, -0.2) is 0 Å². The summed E-state index contributed by atoms with van der Waals surface area (Å²) in [4.78, 5) is 0. The summed E-state index contributed by atoms with van der Waals surface area (Å²) in [5, 5.41) is 10.1. The van der Waals surface area contributed by atoms with Gasteiger partial charge in [0.05, 0.1) is 12.6 Å². The highest BCUT2D eigenvalue weighted by Crippen LogP contribution is 2.36. The molecular weight excluding hydrogens is 346 g/mol. The van der Waals surface area contributed by atoms with Crippen LogP contribution < -0.4 is 4.74 Å². The van der Waals surface area contributed by atoms with E-state index in [4.69, 9.17) is 4.74 Å². The molecule has 3 aromatic carbocycles. The van der Waals surface area contributed by atoms with Gasteiger partial charge < -0.3 is 9.30 Å². The van der Waals surface area contributed by atoms with Gasteiger partial charge in [0.1, 0.15) is 17.1 Å². The highest BCUT2D eigenvalue weighted by Gasteiger charge is 2.20. The molecule has 0 unspecified atom stereocenters. The van der Waals surface area contributed by atoms with Crippen molar-refractivity contribution in [1.29, 1.82) is 0 Å². The molecule has 2 heterocycles. The monoisotopic (exact) mass is 365 g/mol. The molecule has 0 aliphatic carbocycles. The molecule has 28 heavy (non-hydrogen) atoms. The van der Waals surface area contributed by atoms with Gasteiger partial charge in [-0.05, 0) is 35.9 Å². The van der Waals surface area contributed by atoms with Gasteiger partial charge in [-0.1, -0.05) is 48.5 Å². The Balaban J connectivity index is 1.70. The van der Waals surface area contributed by atoms with Crippen LogP contribution in [-0.4, -0.2) is 21.9 Å². The van der Waals surface area contributed by atoms with E-state index in [1.54, 1.807) is 7.11 Å². The Morgan fingerprint density at radius 3 is 2.29 bits per heavy atom. The van der Waals surface area contributed by atoms with Crippen molar-refractivity contribution >= 4 is 10.9 Å².